The minimum Gasteiger partial charge on any atom is -0.408 e. The highest BCUT2D eigenvalue weighted by molar-refractivity contribution is 6.11. The van der Waals surface area contributed by atoms with Crippen molar-refractivity contribution in [1.29, 1.82) is 0 Å². The second-order valence-corrected chi connectivity index (χ2v) is 7.21. The predicted octanol–water partition coefficient (Wildman–Crippen LogP) is 1.51. The number of carbonyl (C=O) groups excluding carboxylic acids is 2. The van der Waals surface area contributed by atoms with Crippen LogP contribution < -0.4 is 16.4 Å². The number of aromatic nitrogens is 1. The number of hydrogen-bond donors (Lipinski definition) is 1. The summed E-state index contributed by atoms with van der Waals surface area (Å²) < 4.78 is 6.48. The maximum atomic E-state index is 12.8. The number of fused-ring (bicyclic) bond motifs is 2. The molecule has 1 aliphatic carbocycles. The molecule has 0 spiro atoms. The van der Waals surface area contributed by atoms with Crippen molar-refractivity contribution in [2.45, 2.75) is 24.8 Å². The molecule has 7 nitrogen and oxygen atoms in total. The van der Waals surface area contributed by atoms with Crippen molar-refractivity contribution in [2.24, 2.45) is 12.8 Å². The van der Waals surface area contributed by atoms with Crippen LogP contribution >= 0.6 is 0 Å². The molecule has 2 amide bonds. The van der Waals surface area contributed by atoms with Gasteiger partial charge in [0.05, 0.1) is 5.52 Å². The quantitative estimate of drug-likeness (QED) is 0.687. The number of primary amides is 1. The van der Waals surface area contributed by atoms with Gasteiger partial charge in [-0.1, -0.05) is 24.3 Å². The third-order valence-electron chi connectivity index (χ3n) is 5.66. The van der Waals surface area contributed by atoms with Crippen LogP contribution in [0.25, 0.3) is 11.1 Å². The van der Waals surface area contributed by atoms with E-state index in [-0.39, 0.29) is 6.42 Å². The Morgan fingerprint density at radius 3 is 2.66 bits per heavy atom. The minimum atomic E-state index is -1.31. The van der Waals surface area contributed by atoms with Crippen LogP contribution in [-0.2, 0) is 29.5 Å². The Labute approximate surface area is 166 Å². The van der Waals surface area contributed by atoms with Crippen molar-refractivity contribution < 1.29 is 14.0 Å². The molecule has 1 aliphatic rings. The normalized spacial score (nSPS) is 18.1. The van der Waals surface area contributed by atoms with Gasteiger partial charge in [0.15, 0.2) is 5.58 Å². The van der Waals surface area contributed by atoms with Gasteiger partial charge in [-0.15, -0.1) is 6.42 Å². The zero-order valence-electron chi connectivity index (χ0n) is 15.8. The second kappa shape index (κ2) is 6.67. The molecule has 4 rings (SSSR count). The van der Waals surface area contributed by atoms with Crippen LogP contribution in [0.2, 0.25) is 0 Å². The molecule has 3 aromatic rings. The number of anilines is 1. The van der Waals surface area contributed by atoms with Crippen LogP contribution in [0.5, 0.6) is 0 Å². The molecule has 0 saturated heterocycles. The highest BCUT2D eigenvalue weighted by Gasteiger charge is 2.47. The molecule has 29 heavy (non-hydrogen) atoms. The molecule has 0 bridgehead atoms. The summed E-state index contributed by atoms with van der Waals surface area (Å²) in [7, 11) is 1.56. The maximum Gasteiger partial charge on any atom is 0.419 e. The Kier molecular flexibility index (Phi) is 4.27. The molecule has 1 aromatic heterocycles. The summed E-state index contributed by atoms with van der Waals surface area (Å²) in [5.74, 6) is 0.296. The number of hydrogen-bond acceptors (Lipinski definition) is 4. The first-order chi connectivity index (χ1) is 13.9. The first-order valence-corrected chi connectivity index (χ1v) is 9.14. The van der Waals surface area contributed by atoms with E-state index in [9.17, 15) is 14.4 Å². The Morgan fingerprint density at radius 2 is 1.97 bits per heavy atom. The highest BCUT2D eigenvalue weighted by Crippen LogP contribution is 2.37. The Hall–Kier alpha value is -3.79. The smallest absolute Gasteiger partial charge is 0.408 e. The fourth-order valence-electron chi connectivity index (χ4n) is 4.11. The van der Waals surface area contributed by atoms with Gasteiger partial charge in [-0.05, 0) is 48.1 Å². The topological polar surface area (TPSA) is 98.5 Å². The molecule has 146 valence electrons. The summed E-state index contributed by atoms with van der Waals surface area (Å²) in [5.41, 5.74) is 7.85. The average molecular weight is 389 g/mol. The zero-order chi connectivity index (χ0) is 20.8. The largest absolute Gasteiger partial charge is 0.419 e. The first-order valence-electron chi connectivity index (χ1n) is 9.14. The molecule has 0 radical (unpaired) electrons. The Balaban J connectivity index is 1.91. The minimum absolute atomic E-state index is 0.258. The second-order valence-electron chi connectivity index (χ2n) is 7.21. The van der Waals surface area contributed by atoms with Gasteiger partial charge in [0, 0.05) is 19.2 Å². The summed E-state index contributed by atoms with van der Waals surface area (Å²) in [5, 5.41) is 0. The number of benzene rings is 2. The SMILES string of the molecule is C#CC(=O)N(c1ccc2oc(=O)n(C)c2c1)C1(C(N)=O)CCc2ccccc2C1. The third-order valence-corrected chi connectivity index (χ3v) is 5.66. The fraction of sp³-hybridized carbons (Fsp3) is 0.227. The molecular weight excluding hydrogens is 370 g/mol. The number of rotatable bonds is 3. The Bertz CT molecular complexity index is 1250. The van der Waals surface area contributed by atoms with Gasteiger partial charge < -0.3 is 10.2 Å². The van der Waals surface area contributed by atoms with Gasteiger partial charge in [0.25, 0.3) is 0 Å². The van der Waals surface area contributed by atoms with Crippen molar-refractivity contribution in [3.8, 4) is 12.3 Å². The molecule has 0 aliphatic heterocycles. The lowest BCUT2D eigenvalue weighted by Gasteiger charge is -2.43. The molecule has 7 heteroatoms. The molecule has 0 fully saturated rings. The van der Waals surface area contributed by atoms with Crippen molar-refractivity contribution in [1.82, 2.24) is 4.57 Å². The van der Waals surface area contributed by atoms with Gasteiger partial charge in [-0.25, -0.2) is 4.79 Å². The summed E-state index contributed by atoms with van der Waals surface area (Å²) >= 11 is 0. The van der Waals surface area contributed by atoms with E-state index in [0.717, 1.165) is 11.1 Å². The van der Waals surface area contributed by atoms with E-state index >= 15 is 0 Å². The number of carbonyl (C=O) groups is 2. The predicted molar refractivity (Wildman–Crippen MR) is 108 cm³/mol. The molecule has 2 N–H and O–H groups in total. The van der Waals surface area contributed by atoms with Crippen LogP contribution in [0, 0.1) is 12.3 Å². The van der Waals surface area contributed by atoms with E-state index in [1.54, 1.807) is 25.2 Å². The number of nitrogens with zero attached hydrogens (tertiary/aromatic N) is 2. The van der Waals surface area contributed by atoms with Gasteiger partial charge >= 0.3 is 11.7 Å². The van der Waals surface area contributed by atoms with Gasteiger partial charge in [-0.2, -0.15) is 0 Å². The van der Waals surface area contributed by atoms with Crippen LogP contribution in [0.1, 0.15) is 17.5 Å². The van der Waals surface area contributed by atoms with E-state index < -0.39 is 23.1 Å². The summed E-state index contributed by atoms with van der Waals surface area (Å²) in [4.78, 5) is 38.7. The van der Waals surface area contributed by atoms with Crippen LogP contribution in [0.3, 0.4) is 0 Å². The van der Waals surface area contributed by atoms with E-state index in [0.29, 0.717) is 29.6 Å². The van der Waals surface area contributed by atoms with E-state index in [4.69, 9.17) is 16.6 Å². The number of terminal acetylenes is 1. The van der Waals surface area contributed by atoms with E-state index in [1.807, 2.05) is 24.3 Å². The monoisotopic (exact) mass is 389 g/mol. The van der Waals surface area contributed by atoms with Gasteiger partial charge in [0.1, 0.15) is 5.54 Å². The van der Waals surface area contributed by atoms with Crippen LogP contribution in [0.4, 0.5) is 5.69 Å². The zero-order valence-corrected chi connectivity index (χ0v) is 15.8. The summed E-state index contributed by atoms with van der Waals surface area (Å²) in [6.45, 7) is 0. The van der Waals surface area contributed by atoms with Crippen molar-refractivity contribution in [3.05, 3.63) is 64.1 Å². The van der Waals surface area contributed by atoms with Gasteiger partial charge in [-0.3, -0.25) is 19.1 Å². The van der Waals surface area contributed by atoms with Crippen molar-refractivity contribution in [2.75, 3.05) is 4.90 Å². The number of amides is 2. The fourth-order valence-corrected chi connectivity index (χ4v) is 4.11. The standard InChI is InChI=1S/C22H19N3O4/c1-3-19(26)25(16-8-9-18-17(12-16)24(2)21(28)29-18)22(20(23)27)11-10-14-6-4-5-7-15(14)13-22/h1,4-9,12H,10-11,13H2,2H3,(H2,23,27). The lowest BCUT2D eigenvalue weighted by Crippen LogP contribution is -2.62. The maximum absolute atomic E-state index is 12.8. The first kappa shape index (κ1) is 18.6. The molecule has 2 aromatic carbocycles. The lowest BCUT2D eigenvalue weighted by atomic mass is 9.76. The number of nitrogens with two attached hydrogens (primary N) is 1. The van der Waals surface area contributed by atoms with Crippen LogP contribution in [-0.4, -0.2) is 21.9 Å². The summed E-state index contributed by atoms with van der Waals surface area (Å²) in [6.07, 6.45) is 6.63. The van der Waals surface area contributed by atoms with Crippen molar-refractivity contribution >= 4 is 28.6 Å². The Morgan fingerprint density at radius 1 is 1.24 bits per heavy atom. The number of oxazole rings is 1. The van der Waals surface area contributed by atoms with Crippen molar-refractivity contribution in [3.63, 3.8) is 0 Å². The van der Waals surface area contributed by atoms with Gasteiger partial charge in [0.2, 0.25) is 5.91 Å². The highest BCUT2D eigenvalue weighted by atomic mass is 16.4. The van der Waals surface area contributed by atoms with E-state index in [1.165, 1.54) is 9.47 Å². The molecule has 1 unspecified atom stereocenters. The third kappa shape index (κ3) is 2.81. The van der Waals surface area contributed by atoms with E-state index in [2.05, 4.69) is 5.92 Å². The number of aryl methyl sites for hydroxylation is 2. The molecule has 0 saturated carbocycles. The summed E-state index contributed by atoms with van der Waals surface area (Å²) in [6, 6.07) is 12.5. The molecular formula is C22H19N3O4. The lowest BCUT2D eigenvalue weighted by molar-refractivity contribution is -0.127. The average Bonchev–Trinajstić information content (AvgIpc) is 3.01. The molecule has 1 atom stereocenters. The van der Waals surface area contributed by atoms with Crippen LogP contribution in [0.15, 0.2) is 51.7 Å². The molecule has 1 heterocycles.